The first-order chi connectivity index (χ1) is 9.16. The van der Waals surface area contributed by atoms with Crippen molar-refractivity contribution in [2.45, 2.75) is 19.4 Å². The fraction of sp³-hybridized carbons (Fsp3) is 0.533. The van der Waals surface area contributed by atoms with Crippen molar-refractivity contribution < 1.29 is 9.53 Å². The Labute approximate surface area is 114 Å². The average Bonchev–Trinajstić information content (AvgIpc) is 2.46. The number of nitrogens with one attached hydrogen (secondary N) is 1. The van der Waals surface area contributed by atoms with Crippen LogP contribution in [-0.4, -0.2) is 50.2 Å². The van der Waals surface area contributed by atoms with Gasteiger partial charge >= 0.3 is 0 Å². The van der Waals surface area contributed by atoms with E-state index in [1.54, 1.807) is 4.90 Å². The Morgan fingerprint density at radius 3 is 2.79 bits per heavy atom. The molecular weight excluding hydrogens is 240 g/mol. The minimum atomic E-state index is -0.322. The van der Waals surface area contributed by atoms with Crippen LogP contribution < -0.4 is 5.32 Å². The fourth-order valence-corrected chi connectivity index (χ4v) is 2.13. The van der Waals surface area contributed by atoms with Gasteiger partial charge in [-0.3, -0.25) is 4.79 Å². The second kappa shape index (κ2) is 6.68. The van der Waals surface area contributed by atoms with Gasteiger partial charge in [0.25, 0.3) is 5.91 Å². The van der Waals surface area contributed by atoms with E-state index in [0.717, 1.165) is 19.5 Å². The summed E-state index contributed by atoms with van der Waals surface area (Å²) in [6.07, 6.45) is 0.555. The first-order valence-electron chi connectivity index (χ1n) is 6.79. The molecule has 2 rings (SSSR count). The van der Waals surface area contributed by atoms with Gasteiger partial charge in [-0.25, -0.2) is 0 Å². The molecule has 1 aliphatic heterocycles. The summed E-state index contributed by atoms with van der Waals surface area (Å²) in [5.41, 5.74) is 2.52. The third kappa shape index (κ3) is 4.04. The summed E-state index contributed by atoms with van der Waals surface area (Å²) < 4.78 is 5.47. The lowest BCUT2D eigenvalue weighted by Gasteiger charge is -2.27. The second-order valence-electron chi connectivity index (χ2n) is 5.06. The Morgan fingerprint density at radius 1 is 1.42 bits per heavy atom. The predicted molar refractivity (Wildman–Crippen MR) is 75.1 cm³/mol. The molecule has 1 aromatic rings. The topological polar surface area (TPSA) is 41.6 Å². The summed E-state index contributed by atoms with van der Waals surface area (Å²) in [7, 11) is 1.84. The number of amides is 1. The molecular formula is C15H22N2O2. The van der Waals surface area contributed by atoms with E-state index < -0.39 is 0 Å². The quantitative estimate of drug-likeness (QED) is 0.879. The third-order valence-corrected chi connectivity index (χ3v) is 3.44. The van der Waals surface area contributed by atoms with Crippen molar-refractivity contribution >= 4 is 5.91 Å². The zero-order valence-corrected chi connectivity index (χ0v) is 11.7. The van der Waals surface area contributed by atoms with Crippen molar-refractivity contribution in [2.75, 3.05) is 33.3 Å². The van der Waals surface area contributed by atoms with Gasteiger partial charge in [0, 0.05) is 26.7 Å². The van der Waals surface area contributed by atoms with Crippen LogP contribution in [0.15, 0.2) is 24.3 Å². The molecule has 0 radical (unpaired) electrons. The Balaban J connectivity index is 1.81. The van der Waals surface area contributed by atoms with E-state index in [0.29, 0.717) is 13.2 Å². The normalized spacial score (nSPS) is 19.2. The maximum atomic E-state index is 12.1. The number of benzene rings is 1. The number of ether oxygens (including phenoxy) is 1. The average molecular weight is 262 g/mol. The second-order valence-corrected chi connectivity index (χ2v) is 5.06. The molecule has 1 fully saturated rings. The van der Waals surface area contributed by atoms with Crippen LogP contribution in [0.4, 0.5) is 0 Å². The summed E-state index contributed by atoms with van der Waals surface area (Å²) in [5, 5.41) is 3.18. The van der Waals surface area contributed by atoms with Gasteiger partial charge in [0.2, 0.25) is 0 Å². The number of likely N-dealkylation sites (N-methyl/N-ethyl adjacent to an activating group) is 1. The minimum absolute atomic E-state index is 0.0688. The molecule has 0 bridgehead atoms. The van der Waals surface area contributed by atoms with Gasteiger partial charge in [-0.1, -0.05) is 29.8 Å². The monoisotopic (exact) mass is 262 g/mol. The molecule has 1 saturated heterocycles. The van der Waals surface area contributed by atoms with Crippen molar-refractivity contribution in [3.63, 3.8) is 0 Å². The molecule has 4 nitrogen and oxygen atoms in total. The summed E-state index contributed by atoms with van der Waals surface area (Å²) in [5.74, 6) is 0.0688. The lowest BCUT2D eigenvalue weighted by molar-refractivity contribution is -0.143. The maximum Gasteiger partial charge on any atom is 0.252 e. The summed E-state index contributed by atoms with van der Waals surface area (Å²) in [6, 6.07) is 8.44. The minimum Gasteiger partial charge on any atom is -0.366 e. The van der Waals surface area contributed by atoms with Gasteiger partial charge in [0.1, 0.15) is 6.10 Å². The number of aryl methyl sites for hydroxylation is 1. The standard InChI is InChI=1S/C15H22N2O2/c1-12-3-5-13(6-4-12)7-9-17(2)15(18)14-11-16-8-10-19-14/h3-6,14,16H,7-11H2,1-2H3. The Kier molecular flexibility index (Phi) is 4.93. The van der Waals surface area contributed by atoms with Crippen LogP contribution in [0.1, 0.15) is 11.1 Å². The van der Waals surface area contributed by atoms with Crippen molar-refractivity contribution in [3.05, 3.63) is 35.4 Å². The zero-order valence-electron chi connectivity index (χ0n) is 11.7. The molecule has 0 aliphatic carbocycles. The maximum absolute atomic E-state index is 12.1. The number of hydrogen-bond donors (Lipinski definition) is 1. The lowest BCUT2D eigenvalue weighted by Crippen LogP contribution is -2.48. The van der Waals surface area contributed by atoms with E-state index in [2.05, 4.69) is 36.5 Å². The van der Waals surface area contributed by atoms with Gasteiger partial charge < -0.3 is 15.0 Å². The largest absolute Gasteiger partial charge is 0.366 e. The van der Waals surface area contributed by atoms with E-state index in [9.17, 15) is 4.79 Å². The SMILES string of the molecule is Cc1ccc(CCN(C)C(=O)C2CNCCO2)cc1. The van der Waals surface area contributed by atoms with Crippen molar-refractivity contribution in [2.24, 2.45) is 0 Å². The zero-order chi connectivity index (χ0) is 13.7. The van der Waals surface area contributed by atoms with Crippen LogP contribution in [0.2, 0.25) is 0 Å². The summed E-state index contributed by atoms with van der Waals surface area (Å²) >= 11 is 0. The predicted octanol–water partition coefficient (Wildman–Crippen LogP) is 0.984. The van der Waals surface area contributed by atoms with Gasteiger partial charge in [-0.15, -0.1) is 0 Å². The van der Waals surface area contributed by atoms with Crippen LogP contribution in [0, 0.1) is 6.92 Å². The first-order valence-corrected chi connectivity index (χ1v) is 6.79. The molecule has 4 heteroatoms. The van der Waals surface area contributed by atoms with Crippen LogP contribution >= 0.6 is 0 Å². The Hall–Kier alpha value is -1.39. The molecule has 1 atom stereocenters. The number of rotatable bonds is 4. The number of nitrogens with zero attached hydrogens (tertiary/aromatic N) is 1. The highest BCUT2D eigenvalue weighted by atomic mass is 16.5. The molecule has 1 unspecified atom stereocenters. The molecule has 19 heavy (non-hydrogen) atoms. The van der Waals surface area contributed by atoms with E-state index in [4.69, 9.17) is 4.74 Å². The molecule has 0 saturated carbocycles. The van der Waals surface area contributed by atoms with Crippen LogP contribution in [-0.2, 0) is 16.0 Å². The number of hydrogen-bond acceptors (Lipinski definition) is 3. The number of carbonyl (C=O) groups is 1. The molecule has 104 valence electrons. The third-order valence-electron chi connectivity index (χ3n) is 3.44. The van der Waals surface area contributed by atoms with Gasteiger partial charge in [-0.2, -0.15) is 0 Å². The van der Waals surface area contributed by atoms with Gasteiger partial charge in [-0.05, 0) is 18.9 Å². The van der Waals surface area contributed by atoms with E-state index in [1.807, 2.05) is 7.05 Å². The van der Waals surface area contributed by atoms with E-state index in [-0.39, 0.29) is 12.0 Å². The van der Waals surface area contributed by atoms with E-state index in [1.165, 1.54) is 11.1 Å². The molecule has 1 N–H and O–H groups in total. The lowest BCUT2D eigenvalue weighted by atomic mass is 10.1. The highest BCUT2D eigenvalue weighted by Gasteiger charge is 2.24. The Morgan fingerprint density at radius 2 is 2.16 bits per heavy atom. The molecule has 1 heterocycles. The van der Waals surface area contributed by atoms with Gasteiger partial charge in [0.15, 0.2) is 0 Å². The molecule has 0 spiro atoms. The van der Waals surface area contributed by atoms with Crippen LogP contribution in [0.5, 0.6) is 0 Å². The molecule has 0 aromatic heterocycles. The van der Waals surface area contributed by atoms with Crippen molar-refractivity contribution in [1.82, 2.24) is 10.2 Å². The van der Waals surface area contributed by atoms with Crippen molar-refractivity contribution in [3.8, 4) is 0 Å². The van der Waals surface area contributed by atoms with Crippen molar-refractivity contribution in [1.29, 1.82) is 0 Å². The highest BCUT2D eigenvalue weighted by molar-refractivity contribution is 5.81. The Bertz CT molecular complexity index is 411. The molecule has 1 aliphatic rings. The molecule has 1 amide bonds. The summed E-state index contributed by atoms with van der Waals surface area (Å²) in [4.78, 5) is 13.9. The number of carbonyl (C=O) groups excluding carboxylic acids is 1. The van der Waals surface area contributed by atoms with Crippen LogP contribution in [0.25, 0.3) is 0 Å². The fourth-order valence-electron chi connectivity index (χ4n) is 2.13. The summed E-state index contributed by atoms with van der Waals surface area (Å²) in [6.45, 7) is 4.86. The molecule has 1 aromatic carbocycles. The van der Waals surface area contributed by atoms with E-state index >= 15 is 0 Å². The number of morpholine rings is 1. The van der Waals surface area contributed by atoms with Crippen LogP contribution in [0.3, 0.4) is 0 Å². The first kappa shape index (κ1) is 14.0. The smallest absolute Gasteiger partial charge is 0.252 e. The van der Waals surface area contributed by atoms with Gasteiger partial charge in [0.05, 0.1) is 6.61 Å². The highest BCUT2D eigenvalue weighted by Crippen LogP contribution is 2.06.